The SMILES string of the molecule is C=CCOC(=O)Nc1ccc(C(=O)O)nc1OC. The van der Waals surface area contributed by atoms with Gasteiger partial charge in [-0.3, -0.25) is 5.32 Å². The maximum absolute atomic E-state index is 11.3. The van der Waals surface area contributed by atoms with E-state index in [4.69, 9.17) is 14.6 Å². The van der Waals surface area contributed by atoms with Crippen LogP contribution in [0.25, 0.3) is 0 Å². The highest BCUT2D eigenvalue weighted by Gasteiger charge is 2.13. The number of aromatic nitrogens is 1. The number of carboxylic acid groups (broad SMARTS) is 1. The predicted molar refractivity (Wildman–Crippen MR) is 62.9 cm³/mol. The van der Waals surface area contributed by atoms with Gasteiger partial charge in [-0.05, 0) is 12.1 Å². The number of nitrogens with zero attached hydrogens (tertiary/aromatic N) is 1. The number of carbonyl (C=O) groups excluding carboxylic acids is 1. The van der Waals surface area contributed by atoms with Crippen molar-refractivity contribution in [3.8, 4) is 5.88 Å². The van der Waals surface area contributed by atoms with Crippen molar-refractivity contribution in [3.63, 3.8) is 0 Å². The lowest BCUT2D eigenvalue weighted by Gasteiger charge is -2.09. The van der Waals surface area contributed by atoms with Gasteiger partial charge in [0.2, 0.25) is 5.88 Å². The maximum atomic E-state index is 11.3. The van der Waals surface area contributed by atoms with E-state index in [1.807, 2.05) is 0 Å². The lowest BCUT2D eigenvalue weighted by Crippen LogP contribution is -2.15. The van der Waals surface area contributed by atoms with Crippen LogP contribution in [0, 0.1) is 0 Å². The monoisotopic (exact) mass is 252 g/mol. The van der Waals surface area contributed by atoms with Gasteiger partial charge >= 0.3 is 12.1 Å². The summed E-state index contributed by atoms with van der Waals surface area (Å²) >= 11 is 0. The average molecular weight is 252 g/mol. The van der Waals surface area contributed by atoms with E-state index in [2.05, 4.69) is 16.9 Å². The molecule has 0 unspecified atom stereocenters. The molecule has 0 saturated heterocycles. The number of rotatable bonds is 5. The molecule has 0 aliphatic heterocycles. The third-order valence-electron chi connectivity index (χ3n) is 1.84. The largest absolute Gasteiger partial charge is 0.479 e. The highest BCUT2D eigenvalue weighted by atomic mass is 16.5. The molecule has 96 valence electrons. The summed E-state index contributed by atoms with van der Waals surface area (Å²) in [6.45, 7) is 3.46. The van der Waals surface area contributed by atoms with Gasteiger partial charge in [0.15, 0.2) is 5.69 Å². The van der Waals surface area contributed by atoms with E-state index in [-0.39, 0.29) is 23.9 Å². The molecule has 0 spiro atoms. The molecule has 0 radical (unpaired) electrons. The minimum Gasteiger partial charge on any atom is -0.479 e. The maximum Gasteiger partial charge on any atom is 0.412 e. The summed E-state index contributed by atoms with van der Waals surface area (Å²) in [6, 6.07) is 2.61. The minimum atomic E-state index is -1.19. The first-order valence-electron chi connectivity index (χ1n) is 4.91. The summed E-state index contributed by atoms with van der Waals surface area (Å²) in [5.74, 6) is -1.19. The Morgan fingerprint density at radius 1 is 1.56 bits per heavy atom. The Morgan fingerprint density at radius 3 is 2.83 bits per heavy atom. The van der Waals surface area contributed by atoms with Gasteiger partial charge in [0, 0.05) is 0 Å². The van der Waals surface area contributed by atoms with Gasteiger partial charge in [-0.2, -0.15) is 0 Å². The van der Waals surface area contributed by atoms with E-state index in [1.54, 1.807) is 0 Å². The Kier molecular flexibility index (Phi) is 4.67. The zero-order chi connectivity index (χ0) is 13.5. The van der Waals surface area contributed by atoms with Gasteiger partial charge in [-0.15, -0.1) is 0 Å². The van der Waals surface area contributed by atoms with Gasteiger partial charge in [0.1, 0.15) is 12.3 Å². The van der Waals surface area contributed by atoms with E-state index >= 15 is 0 Å². The molecule has 7 heteroatoms. The smallest absolute Gasteiger partial charge is 0.412 e. The number of nitrogens with one attached hydrogen (secondary N) is 1. The van der Waals surface area contributed by atoms with Crippen molar-refractivity contribution in [1.29, 1.82) is 0 Å². The van der Waals surface area contributed by atoms with Crippen molar-refractivity contribution < 1.29 is 24.2 Å². The summed E-state index contributed by atoms with van der Waals surface area (Å²) in [4.78, 5) is 25.7. The Balaban J connectivity index is 2.85. The molecule has 18 heavy (non-hydrogen) atoms. The van der Waals surface area contributed by atoms with Gasteiger partial charge in [0.05, 0.1) is 7.11 Å². The van der Waals surface area contributed by atoms with Gasteiger partial charge < -0.3 is 14.6 Å². The standard InChI is InChI=1S/C11H12N2O5/c1-3-6-18-11(16)13-7-4-5-8(10(14)15)12-9(7)17-2/h3-5H,1,6H2,2H3,(H,13,16)(H,14,15). The summed E-state index contributed by atoms with van der Waals surface area (Å²) in [5.41, 5.74) is 0.0356. The molecule has 0 aromatic carbocycles. The van der Waals surface area contributed by atoms with E-state index in [1.165, 1.54) is 25.3 Å². The fraction of sp³-hybridized carbons (Fsp3) is 0.182. The number of carbonyl (C=O) groups is 2. The van der Waals surface area contributed by atoms with Crippen molar-refractivity contribution in [3.05, 3.63) is 30.5 Å². The molecule has 2 N–H and O–H groups in total. The van der Waals surface area contributed by atoms with Crippen LogP contribution in [0.4, 0.5) is 10.5 Å². The molecule has 0 atom stereocenters. The fourth-order valence-electron chi connectivity index (χ4n) is 1.09. The molecule has 0 fully saturated rings. The highest BCUT2D eigenvalue weighted by Crippen LogP contribution is 2.21. The van der Waals surface area contributed by atoms with Crippen LogP contribution in [0.5, 0.6) is 5.88 Å². The molecule has 1 rings (SSSR count). The average Bonchev–Trinajstić information content (AvgIpc) is 2.36. The summed E-state index contributed by atoms with van der Waals surface area (Å²) < 4.78 is 9.58. The zero-order valence-corrected chi connectivity index (χ0v) is 9.67. The number of aromatic carboxylic acids is 1. The Hall–Kier alpha value is -2.57. The molecule has 0 aliphatic rings. The summed E-state index contributed by atoms with van der Waals surface area (Å²) in [7, 11) is 1.31. The number of amides is 1. The first kappa shape index (κ1) is 13.5. The lowest BCUT2D eigenvalue weighted by atomic mass is 10.3. The summed E-state index contributed by atoms with van der Waals surface area (Å²) in [5, 5.41) is 11.1. The fourth-order valence-corrected chi connectivity index (χ4v) is 1.09. The second kappa shape index (κ2) is 6.24. The molecule has 1 heterocycles. The molecular weight excluding hydrogens is 240 g/mol. The Bertz CT molecular complexity index is 473. The van der Waals surface area contributed by atoms with Crippen LogP contribution in [0.15, 0.2) is 24.8 Å². The highest BCUT2D eigenvalue weighted by molar-refractivity contribution is 5.89. The predicted octanol–water partition coefficient (Wildman–Crippen LogP) is 1.52. The quantitative estimate of drug-likeness (QED) is 0.771. The van der Waals surface area contributed by atoms with E-state index in [0.717, 1.165) is 0 Å². The number of carboxylic acids is 1. The van der Waals surface area contributed by atoms with Crippen molar-refractivity contribution in [2.75, 3.05) is 19.0 Å². The first-order chi connectivity index (χ1) is 8.58. The van der Waals surface area contributed by atoms with Crippen LogP contribution in [-0.2, 0) is 4.74 Å². The Morgan fingerprint density at radius 2 is 2.28 bits per heavy atom. The third-order valence-corrected chi connectivity index (χ3v) is 1.84. The molecule has 0 bridgehead atoms. The van der Waals surface area contributed by atoms with E-state index in [9.17, 15) is 9.59 Å². The molecule has 7 nitrogen and oxygen atoms in total. The lowest BCUT2D eigenvalue weighted by molar-refractivity contribution is 0.0689. The number of hydrogen-bond donors (Lipinski definition) is 2. The van der Waals surface area contributed by atoms with Gasteiger partial charge in [-0.1, -0.05) is 12.7 Å². The van der Waals surface area contributed by atoms with Crippen LogP contribution < -0.4 is 10.1 Å². The van der Waals surface area contributed by atoms with Crippen molar-refractivity contribution in [1.82, 2.24) is 4.98 Å². The number of methoxy groups -OCH3 is 1. The number of hydrogen-bond acceptors (Lipinski definition) is 5. The zero-order valence-electron chi connectivity index (χ0n) is 9.67. The summed E-state index contributed by atoms with van der Waals surface area (Å²) in [6.07, 6.45) is 0.709. The van der Waals surface area contributed by atoms with E-state index in [0.29, 0.717) is 0 Å². The Labute approximate surface area is 103 Å². The second-order valence-corrected chi connectivity index (χ2v) is 3.07. The minimum absolute atomic E-state index is 0.00884. The molecule has 1 amide bonds. The molecule has 1 aromatic rings. The number of anilines is 1. The number of ether oxygens (including phenoxy) is 2. The van der Waals surface area contributed by atoms with Crippen LogP contribution in [-0.4, -0.2) is 35.9 Å². The molecule has 1 aromatic heterocycles. The van der Waals surface area contributed by atoms with E-state index < -0.39 is 12.1 Å². The van der Waals surface area contributed by atoms with Gasteiger partial charge in [-0.25, -0.2) is 14.6 Å². The van der Waals surface area contributed by atoms with Crippen molar-refractivity contribution in [2.45, 2.75) is 0 Å². The normalized spacial score (nSPS) is 9.39. The number of pyridine rings is 1. The van der Waals surface area contributed by atoms with Crippen LogP contribution in [0.3, 0.4) is 0 Å². The second-order valence-electron chi connectivity index (χ2n) is 3.07. The third kappa shape index (κ3) is 3.48. The van der Waals surface area contributed by atoms with Crippen LogP contribution in [0.2, 0.25) is 0 Å². The van der Waals surface area contributed by atoms with Crippen LogP contribution >= 0.6 is 0 Å². The molecule has 0 saturated carbocycles. The first-order valence-corrected chi connectivity index (χ1v) is 4.91. The van der Waals surface area contributed by atoms with Crippen LogP contribution in [0.1, 0.15) is 10.5 Å². The van der Waals surface area contributed by atoms with Gasteiger partial charge in [0.25, 0.3) is 0 Å². The van der Waals surface area contributed by atoms with Crippen molar-refractivity contribution in [2.24, 2.45) is 0 Å². The molecular formula is C11H12N2O5. The van der Waals surface area contributed by atoms with Crippen molar-refractivity contribution >= 4 is 17.7 Å². The molecule has 0 aliphatic carbocycles. The topological polar surface area (TPSA) is 97.8 Å².